The largest absolute Gasteiger partial charge is 0.381 e. The fourth-order valence-electron chi connectivity index (χ4n) is 4.11. The number of amides is 2. The molecule has 2 heterocycles. The standard InChI is InChI=1S/C22H28N6O2/c1-14-10-18(30-4)11-19(14)24-22(29)25-21-15(2)20(16-12-23-27(3)13-16)26-28(21)17-8-6-5-7-9-17/h5-9,12-14,18-19H,10-11H2,1-4H3,(H2,24,25,29)/t14-,18-,19-/m1/s1. The number of carbonyl (C=O) groups is 1. The molecule has 30 heavy (non-hydrogen) atoms. The molecule has 0 bridgehead atoms. The molecule has 2 N–H and O–H groups in total. The highest BCUT2D eigenvalue weighted by Crippen LogP contribution is 2.31. The van der Waals surface area contributed by atoms with Gasteiger partial charge in [-0.05, 0) is 37.8 Å². The van der Waals surface area contributed by atoms with Crippen LogP contribution in [0.1, 0.15) is 25.3 Å². The van der Waals surface area contributed by atoms with Gasteiger partial charge < -0.3 is 10.1 Å². The lowest BCUT2D eigenvalue weighted by molar-refractivity contribution is 0.105. The number of nitrogens with one attached hydrogen (secondary N) is 2. The molecule has 0 aliphatic heterocycles. The number of carbonyl (C=O) groups excluding carboxylic acids is 1. The van der Waals surface area contributed by atoms with Gasteiger partial charge in [-0.25, -0.2) is 9.48 Å². The van der Waals surface area contributed by atoms with E-state index in [1.165, 1.54) is 0 Å². The first-order chi connectivity index (χ1) is 14.5. The lowest BCUT2D eigenvalue weighted by Crippen LogP contribution is -2.40. The summed E-state index contributed by atoms with van der Waals surface area (Å²) in [6.45, 7) is 4.10. The van der Waals surface area contributed by atoms with Gasteiger partial charge in [0.1, 0.15) is 11.5 Å². The van der Waals surface area contributed by atoms with Crippen LogP contribution in [0.15, 0.2) is 42.7 Å². The first-order valence-electron chi connectivity index (χ1n) is 10.2. The van der Waals surface area contributed by atoms with Crippen molar-refractivity contribution >= 4 is 11.8 Å². The summed E-state index contributed by atoms with van der Waals surface area (Å²) in [5, 5.41) is 15.2. The van der Waals surface area contributed by atoms with Crippen molar-refractivity contribution in [1.82, 2.24) is 24.9 Å². The number of benzene rings is 1. The topological polar surface area (TPSA) is 86.0 Å². The third-order valence-corrected chi connectivity index (χ3v) is 5.82. The van der Waals surface area contributed by atoms with Crippen molar-refractivity contribution in [2.75, 3.05) is 12.4 Å². The monoisotopic (exact) mass is 408 g/mol. The molecule has 3 atom stereocenters. The number of methoxy groups -OCH3 is 1. The summed E-state index contributed by atoms with van der Waals surface area (Å²) in [6, 6.07) is 9.63. The van der Waals surface area contributed by atoms with Gasteiger partial charge in [0, 0.05) is 37.5 Å². The molecule has 0 saturated heterocycles. The molecule has 2 amide bonds. The van der Waals surface area contributed by atoms with Crippen molar-refractivity contribution in [3.8, 4) is 16.9 Å². The Morgan fingerprint density at radius 3 is 2.63 bits per heavy atom. The summed E-state index contributed by atoms with van der Waals surface area (Å²) in [4.78, 5) is 12.9. The number of hydrogen-bond donors (Lipinski definition) is 2. The summed E-state index contributed by atoms with van der Waals surface area (Å²) in [6.07, 6.45) is 5.66. The zero-order chi connectivity index (χ0) is 21.3. The lowest BCUT2D eigenvalue weighted by Gasteiger charge is -2.18. The van der Waals surface area contributed by atoms with Crippen LogP contribution in [0.25, 0.3) is 16.9 Å². The molecule has 3 aromatic rings. The number of aryl methyl sites for hydroxylation is 1. The fraction of sp³-hybridized carbons (Fsp3) is 0.409. The maximum absolute atomic E-state index is 12.9. The highest BCUT2D eigenvalue weighted by molar-refractivity contribution is 5.91. The zero-order valence-corrected chi connectivity index (χ0v) is 17.8. The predicted molar refractivity (Wildman–Crippen MR) is 116 cm³/mol. The van der Waals surface area contributed by atoms with Crippen LogP contribution in [-0.4, -0.2) is 44.8 Å². The van der Waals surface area contributed by atoms with Crippen LogP contribution >= 0.6 is 0 Å². The molecule has 1 saturated carbocycles. The SMILES string of the molecule is CO[C@@H]1C[C@@H](C)[C@H](NC(=O)Nc2c(C)c(-c3cnn(C)c3)nn2-c2ccccc2)C1. The van der Waals surface area contributed by atoms with Gasteiger partial charge in [0.25, 0.3) is 0 Å². The Morgan fingerprint density at radius 1 is 1.23 bits per heavy atom. The van der Waals surface area contributed by atoms with Crippen molar-refractivity contribution in [3.63, 3.8) is 0 Å². The van der Waals surface area contributed by atoms with Crippen molar-refractivity contribution in [1.29, 1.82) is 0 Å². The van der Waals surface area contributed by atoms with Gasteiger partial charge >= 0.3 is 6.03 Å². The van der Waals surface area contributed by atoms with E-state index in [0.29, 0.717) is 11.7 Å². The second-order valence-electron chi connectivity index (χ2n) is 7.98. The van der Waals surface area contributed by atoms with Crippen molar-refractivity contribution in [2.24, 2.45) is 13.0 Å². The number of aromatic nitrogens is 4. The molecule has 1 fully saturated rings. The summed E-state index contributed by atoms with van der Waals surface area (Å²) in [5.74, 6) is 1.01. The molecule has 1 aromatic carbocycles. The van der Waals surface area contributed by atoms with E-state index in [4.69, 9.17) is 9.84 Å². The Bertz CT molecular complexity index is 1030. The maximum Gasteiger partial charge on any atom is 0.320 e. The lowest BCUT2D eigenvalue weighted by atomic mass is 10.1. The van der Waals surface area contributed by atoms with Crippen LogP contribution in [0.4, 0.5) is 10.6 Å². The van der Waals surface area contributed by atoms with E-state index in [1.54, 1.807) is 22.7 Å². The minimum Gasteiger partial charge on any atom is -0.381 e. The van der Waals surface area contributed by atoms with Crippen LogP contribution < -0.4 is 10.6 Å². The van der Waals surface area contributed by atoms with E-state index in [-0.39, 0.29) is 18.2 Å². The first kappa shape index (κ1) is 20.2. The van der Waals surface area contributed by atoms with E-state index in [0.717, 1.165) is 35.3 Å². The van der Waals surface area contributed by atoms with E-state index >= 15 is 0 Å². The van der Waals surface area contributed by atoms with Gasteiger partial charge in [-0.15, -0.1) is 0 Å². The van der Waals surface area contributed by atoms with Crippen molar-refractivity contribution in [2.45, 2.75) is 38.8 Å². The highest BCUT2D eigenvalue weighted by Gasteiger charge is 2.32. The summed E-state index contributed by atoms with van der Waals surface area (Å²) in [7, 11) is 3.59. The molecule has 1 aliphatic rings. The van der Waals surface area contributed by atoms with Gasteiger partial charge in [-0.2, -0.15) is 10.2 Å². The molecule has 8 nitrogen and oxygen atoms in total. The third-order valence-electron chi connectivity index (χ3n) is 5.82. The Morgan fingerprint density at radius 2 is 2.00 bits per heavy atom. The molecule has 2 aromatic heterocycles. The smallest absolute Gasteiger partial charge is 0.320 e. The second-order valence-corrected chi connectivity index (χ2v) is 7.98. The zero-order valence-electron chi connectivity index (χ0n) is 17.8. The highest BCUT2D eigenvalue weighted by atomic mass is 16.5. The number of nitrogens with zero attached hydrogens (tertiary/aromatic N) is 4. The maximum atomic E-state index is 12.9. The average molecular weight is 409 g/mol. The van der Waals surface area contributed by atoms with Crippen LogP contribution in [0.3, 0.4) is 0 Å². The first-order valence-corrected chi connectivity index (χ1v) is 10.2. The fourth-order valence-corrected chi connectivity index (χ4v) is 4.11. The molecular formula is C22H28N6O2. The summed E-state index contributed by atoms with van der Waals surface area (Å²) in [5.41, 5.74) is 3.45. The molecule has 1 aliphatic carbocycles. The van der Waals surface area contributed by atoms with Crippen LogP contribution in [0, 0.1) is 12.8 Å². The Kier molecular flexibility index (Phi) is 5.59. The second kappa shape index (κ2) is 8.31. The number of rotatable bonds is 5. The number of anilines is 1. The minimum absolute atomic E-state index is 0.0844. The normalized spacial score (nSPS) is 21.0. The number of hydrogen-bond acceptors (Lipinski definition) is 4. The number of urea groups is 1. The van der Waals surface area contributed by atoms with E-state index in [9.17, 15) is 4.79 Å². The van der Waals surface area contributed by atoms with Gasteiger partial charge in [0.15, 0.2) is 0 Å². The average Bonchev–Trinajstić information content (AvgIpc) is 3.41. The Balaban J connectivity index is 1.63. The molecule has 0 spiro atoms. The molecule has 4 rings (SSSR count). The van der Waals surface area contributed by atoms with Crippen molar-refractivity contribution < 1.29 is 9.53 Å². The molecule has 158 valence electrons. The molecule has 8 heteroatoms. The Hall–Kier alpha value is -3.13. The van der Waals surface area contributed by atoms with E-state index in [2.05, 4.69) is 22.7 Å². The summed E-state index contributed by atoms with van der Waals surface area (Å²) >= 11 is 0. The third kappa shape index (κ3) is 3.95. The van der Waals surface area contributed by atoms with Crippen LogP contribution in [-0.2, 0) is 11.8 Å². The molecule has 0 radical (unpaired) electrons. The van der Waals surface area contributed by atoms with Gasteiger partial charge in [-0.1, -0.05) is 25.1 Å². The van der Waals surface area contributed by atoms with Gasteiger partial charge in [-0.3, -0.25) is 10.00 Å². The quantitative estimate of drug-likeness (QED) is 0.676. The predicted octanol–water partition coefficient (Wildman–Crippen LogP) is 3.52. The Labute approximate surface area is 176 Å². The van der Waals surface area contributed by atoms with Crippen LogP contribution in [0.5, 0.6) is 0 Å². The molecular weight excluding hydrogens is 380 g/mol. The van der Waals surface area contributed by atoms with Crippen LogP contribution in [0.2, 0.25) is 0 Å². The molecule has 0 unspecified atom stereocenters. The van der Waals surface area contributed by atoms with Gasteiger partial charge in [0.2, 0.25) is 0 Å². The number of ether oxygens (including phenoxy) is 1. The van der Waals surface area contributed by atoms with E-state index in [1.807, 2.05) is 50.5 Å². The number of para-hydroxylation sites is 1. The minimum atomic E-state index is -0.235. The van der Waals surface area contributed by atoms with Crippen molar-refractivity contribution in [3.05, 3.63) is 48.3 Å². The van der Waals surface area contributed by atoms with E-state index < -0.39 is 0 Å². The summed E-state index contributed by atoms with van der Waals surface area (Å²) < 4.78 is 8.98. The van der Waals surface area contributed by atoms with Gasteiger partial charge in [0.05, 0.1) is 18.0 Å².